The third-order valence-electron chi connectivity index (χ3n) is 1.08. The Kier molecular flexibility index (Phi) is 1.05. The maximum atomic E-state index is 12.3. The lowest BCUT2D eigenvalue weighted by Gasteiger charge is -1.90. The molecule has 1 aromatic heterocycles. The summed E-state index contributed by atoms with van der Waals surface area (Å²) in [5.41, 5.74) is 10.3. The van der Waals surface area contributed by atoms with Crippen molar-refractivity contribution >= 4 is 11.5 Å². The van der Waals surface area contributed by atoms with E-state index in [0.29, 0.717) is 0 Å². The van der Waals surface area contributed by atoms with Crippen molar-refractivity contribution in [1.82, 2.24) is 9.78 Å². The highest BCUT2D eigenvalue weighted by Crippen LogP contribution is 2.15. The van der Waals surface area contributed by atoms with Crippen molar-refractivity contribution in [3.05, 3.63) is 5.95 Å². The maximum Gasteiger partial charge on any atom is 0.257 e. The Labute approximate surface area is 51.2 Å². The van der Waals surface area contributed by atoms with E-state index in [9.17, 15) is 4.39 Å². The van der Waals surface area contributed by atoms with E-state index in [1.54, 1.807) is 0 Å². The summed E-state index contributed by atoms with van der Waals surface area (Å²) in [6.07, 6.45) is 0. The molecule has 0 radical (unpaired) electrons. The van der Waals surface area contributed by atoms with E-state index in [2.05, 4.69) is 5.10 Å². The van der Waals surface area contributed by atoms with Crippen molar-refractivity contribution in [2.75, 3.05) is 11.5 Å². The molecule has 4 N–H and O–H groups in total. The molecule has 0 amide bonds. The second-order valence-electron chi connectivity index (χ2n) is 1.71. The highest BCUT2D eigenvalue weighted by Gasteiger charge is 2.07. The molecule has 1 rings (SSSR count). The molecule has 0 bridgehead atoms. The van der Waals surface area contributed by atoms with Crippen molar-refractivity contribution in [3.63, 3.8) is 0 Å². The molecule has 0 atom stereocenters. The van der Waals surface area contributed by atoms with Gasteiger partial charge in [-0.2, -0.15) is 4.39 Å². The molecule has 0 aliphatic carbocycles. The first-order chi connectivity index (χ1) is 4.13. The van der Waals surface area contributed by atoms with E-state index in [-0.39, 0.29) is 11.5 Å². The van der Waals surface area contributed by atoms with Crippen molar-refractivity contribution in [3.8, 4) is 0 Å². The normalized spacial score (nSPS) is 10.0. The number of anilines is 2. The number of nitrogen functional groups attached to an aromatic ring is 2. The van der Waals surface area contributed by atoms with Crippen molar-refractivity contribution in [2.45, 2.75) is 0 Å². The average molecular weight is 130 g/mol. The molecule has 4 nitrogen and oxygen atoms in total. The third-order valence-corrected chi connectivity index (χ3v) is 1.08. The summed E-state index contributed by atoms with van der Waals surface area (Å²) in [7, 11) is 1.52. The number of aryl methyl sites for hydroxylation is 1. The number of halogens is 1. The lowest BCUT2D eigenvalue weighted by atomic mass is 10.5. The number of nitrogens with zero attached hydrogens (tertiary/aromatic N) is 2. The highest BCUT2D eigenvalue weighted by atomic mass is 19.1. The van der Waals surface area contributed by atoms with Crippen LogP contribution in [0.25, 0.3) is 0 Å². The molecule has 5 heteroatoms. The molecule has 0 saturated heterocycles. The fourth-order valence-corrected chi connectivity index (χ4v) is 0.519. The minimum atomic E-state index is -0.713. The Hall–Kier alpha value is -1.26. The standard InChI is InChI=1S/C4H7FN4/c1-9-4(7)2(6)3(5)8-9/h6-7H2,1H3. The fraction of sp³-hybridized carbons (Fsp3) is 0.250. The predicted octanol–water partition coefficient (Wildman–Crippen LogP) is -0.276. The van der Waals surface area contributed by atoms with Crippen LogP contribution in [-0.4, -0.2) is 9.78 Å². The molecule has 0 aliphatic rings. The largest absolute Gasteiger partial charge is 0.392 e. The molecule has 1 heterocycles. The quantitative estimate of drug-likeness (QED) is 0.507. The first-order valence-corrected chi connectivity index (χ1v) is 2.36. The molecule has 0 unspecified atom stereocenters. The number of nitrogens with two attached hydrogens (primary N) is 2. The number of rotatable bonds is 0. The predicted molar refractivity (Wildman–Crippen MR) is 32.0 cm³/mol. The van der Waals surface area contributed by atoms with Crippen LogP contribution in [0, 0.1) is 5.95 Å². The van der Waals surface area contributed by atoms with Gasteiger partial charge in [0.2, 0.25) is 0 Å². The summed E-state index contributed by atoms with van der Waals surface area (Å²) < 4.78 is 13.4. The topological polar surface area (TPSA) is 69.9 Å². The molecule has 0 fully saturated rings. The lowest BCUT2D eigenvalue weighted by Crippen LogP contribution is -1.98. The van der Waals surface area contributed by atoms with Crippen molar-refractivity contribution in [2.24, 2.45) is 7.05 Å². The summed E-state index contributed by atoms with van der Waals surface area (Å²) in [5, 5.41) is 3.31. The van der Waals surface area contributed by atoms with Crippen molar-refractivity contribution in [1.29, 1.82) is 0 Å². The molecule has 50 valence electrons. The zero-order valence-corrected chi connectivity index (χ0v) is 4.93. The van der Waals surface area contributed by atoms with Gasteiger partial charge in [-0.1, -0.05) is 0 Å². The third kappa shape index (κ3) is 0.697. The minimum Gasteiger partial charge on any atom is -0.392 e. The summed E-state index contributed by atoms with van der Waals surface area (Å²) in [5.74, 6) is -0.553. The van der Waals surface area contributed by atoms with Gasteiger partial charge < -0.3 is 11.5 Å². The molecule has 0 spiro atoms. The van der Waals surface area contributed by atoms with Gasteiger partial charge in [-0.15, -0.1) is 5.10 Å². The van der Waals surface area contributed by atoms with Crippen LogP contribution in [0.2, 0.25) is 0 Å². The van der Waals surface area contributed by atoms with E-state index in [1.807, 2.05) is 0 Å². The Morgan fingerprint density at radius 1 is 1.56 bits per heavy atom. The monoisotopic (exact) mass is 130 g/mol. The van der Waals surface area contributed by atoms with Gasteiger partial charge in [-0.25, -0.2) is 4.68 Å². The first kappa shape index (κ1) is 5.87. The van der Waals surface area contributed by atoms with Gasteiger partial charge in [0.1, 0.15) is 11.5 Å². The van der Waals surface area contributed by atoms with Gasteiger partial charge in [-0.3, -0.25) is 0 Å². The number of hydrogen-bond donors (Lipinski definition) is 2. The van der Waals surface area contributed by atoms with E-state index in [1.165, 1.54) is 11.7 Å². The molecule has 9 heavy (non-hydrogen) atoms. The zero-order chi connectivity index (χ0) is 7.02. The summed E-state index contributed by atoms with van der Waals surface area (Å²) >= 11 is 0. The first-order valence-electron chi connectivity index (χ1n) is 2.36. The summed E-state index contributed by atoms with van der Waals surface area (Å²) in [4.78, 5) is 0. The van der Waals surface area contributed by atoms with E-state index in [0.717, 1.165) is 0 Å². The lowest BCUT2D eigenvalue weighted by molar-refractivity contribution is 0.557. The Morgan fingerprint density at radius 2 is 2.11 bits per heavy atom. The van der Waals surface area contributed by atoms with Gasteiger partial charge in [0.25, 0.3) is 5.95 Å². The maximum absolute atomic E-state index is 12.3. The Balaban J connectivity index is 3.29. The highest BCUT2D eigenvalue weighted by molar-refractivity contribution is 5.57. The van der Waals surface area contributed by atoms with Crippen molar-refractivity contribution < 1.29 is 4.39 Å². The van der Waals surface area contributed by atoms with Crippen LogP contribution in [0.5, 0.6) is 0 Å². The molecular formula is C4H7FN4. The molecule has 1 aromatic rings. The second kappa shape index (κ2) is 1.61. The molecular weight excluding hydrogens is 123 g/mol. The van der Waals surface area contributed by atoms with Crippen LogP contribution in [-0.2, 0) is 7.05 Å². The van der Waals surface area contributed by atoms with Crippen LogP contribution in [0.3, 0.4) is 0 Å². The molecule has 0 saturated carbocycles. The minimum absolute atomic E-state index is 0.0856. The number of hydrogen-bond acceptors (Lipinski definition) is 3. The van der Waals surface area contributed by atoms with Gasteiger partial charge in [-0.05, 0) is 0 Å². The van der Waals surface area contributed by atoms with Crippen LogP contribution < -0.4 is 11.5 Å². The van der Waals surface area contributed by atoms with E-state index < -0.39 is 5.95 Å². The molecule has 0 aromatic carbocycles. The van der Waals surface area contributed by atoms with Gasteiger partial charge in [0, 0.05) is 7.05 Å². The molecule has 0 aliphatic heterocycles. The van der Waals surface area contributed by atoms with Gasteiger partial charge >= 0.3 is 0 Å². The smallest absolute Gasteiger partial charge is 0.257 e. The van der Waals surface area contributed by atoms with E-state index >= 15 is 0 Å². The fourth-order valence-electron chi connectivity index (χ4n) is 0.519. The summed E-state index contributed by atoms with van der Waals surface area (Å²) in [6, 6.07) is 0. The Morgan fingerprint density at radius 3 is 2.22 bits per heavy atom. The average Bonchev–Trinajstić information content (AvgIpc) is 1.98. The van der Waals surface area contributed by atoms with Crippen LogP contribution in [0.15, 0.2) is 0 Å². The zero-order valence-electron chi connectivity index (χ0n) is 4.93. The summed E-state index contributed by atoms with van der Waals surface area (Å²) in [6.45, 7) is 0. The number of aromatic nitrogens is 2. The second-order valence-corrected chi connectivity index (χ2v) is 1.71. The van der Waals surface area contributed by atoms with Gasteiger partial charge in [0.15, 0.2) is 0 Å². The van der Waals surface area contributed by atoms with Crippen LogP contribution in [0.4, 0.5) is 15.9 Å². The van der Waals surface area contributed by atoms with Crippen LogP contribution in [0.1, 0.15) is 0 Å². The Bertz CT molecular complexity index is 206. The SMILES string of the molecule is Cn1nc(F)c(N)c1N. The van der Waals surface area contributed by atoms with Gasteiger partial charge in [0.05, 0.1) is 0 Å². The van der Waals surface area contributed by atoms with E-state index in [4.69, 9.17) is 11.5 Å². The van der Waals surface area contributed by atoms with Crippen LogP contribution >= 0.6 is 0 Å².